The topological polar surface area (TPSA) is 400 Å². The normalized spacial score (nSPS) is 21.1. The number of aliphatic imine (C=N–C) groups is 2. The Hall–Kier alpha value is -12.7. The molecule has 14 atom stereocenters. The number of carboxylic acids is 1. The SMILES string of the molecule is COC(=O)N[C@H](C(=O)N1C(c2ncc(-c3ccc4c(c3)COc3cc5c6c(ccc5cc3-4)N=C([C@@H]3C[C@H](C)CN3C(=O)OC(C)(C)C)C6)[nH]2)CC[C@@H]1C)C(C)C.COC(=O)N[C@H](C(=O)N1[C@@H](C)CC[C@H]1c1ncc(-c2ccc3c(c2)COc2cc4c5c(ccc4cc2-3)N=C([C@@H]2C[C@H](C)CN2C(=O)[C@@H](NC(=O)OC)C(C)OC)C5)[nH]1)C(C)C.COC(=O)N[C@H](C(=O)O)[C@@H](C)OC. The van der Waals surface area contributed by atoms with E-state index in [0.29, 0.717) is 50.9 Å². The number of amides is 8. The molecule has 0 aliphatic carbocycles. The maximum absolute atomic E-state index is 14.0. The molecule has 16 rings (SSSR count). The number of methoxy groups -OCH3 is 6. The van der Waals surface area contributed by atoms with Crippen molar-refractivity contribution < 1.29 is 90.9 Å². The summed E-state index contributed by atoms with van der Waals surface area (Å²) in [7, 11) is 7.90. The second-order valence-electron chi connectivity index (χ2n) is 36.9. The summed E-state index contributed by atoms with van der Waals surface area (Å²) < 4.78 is 47.6. The molecule has 7 N–H and O–H groups in total. The van der Waals surface area contributed by atoms with Crippen molar-refractivity contribution in [1.82, 2.24) is 60.8 Å². The molecule has 0 bridgehead atoms. The largest absolute Gasteiger partial charge is 0.488 e. The van der Waals surface area contributed by atoms with E-state index in [1.807, 2.05) is 94.3 Å². The number of carbonyl (C=O) groups is 9. The number of ether oxygens (including phenoxy) is 9. The molecule has 692 valence electrons. The number of rotatable bonds is 20. The van der Waals surface area contributed by atoms with Gasteiger partial charge in [-0.1, -0.05) is 77.9 Å². The quantitative estimate of drug-likeness (QED) is 0.0348. The summed E-state index contributed by atoms with van der Waals surface area (Å²) in [6.45, 7) is 27.0. The lowest BCUT2D eigenvalue weighted by Gasteiger charge is -2.32. The van der Waals surface area contributed by atoms with Gasteiger partial charge in [0.2, 0.25) is 17.7 Å². The van der Waals surface area contributed by atoms with Gasteiger partial charge < -0.3 is 93.7 Å². The molecule has 130 heavy (non-hydrogen) atoms. The maximum Gasteiger partial charge on any atom is 0.410 e. The molecular formula is C97H120N14O19. The van der Waals surface area contributed by atoms with Crippen LogP contribution in [0, 0.1) is 23.7 Å². The third kappa shape index (κ3) is 19.5. The first-order chi connectivity index (χ1) is 62.0. The third-order valence-electron chi connectivity index (χ3n) is 26.1. The molecule has 2 unspecified atom stereocenters. The van der Waals surface area contributed by atoms with Crippen molar-refractivity contribution in [2.24, 2.45) is 33.7 Å². The zero-order valence-electron chi connectivity index (χ0n) is 77.3. The van der Waals surface area contributed by atoms with Crippen LogP contribution < -0.4 is 30.7 Å². The van der Waals surface area contributed by atoms with Gasteiger partial charge in [0.05, 0.1) is 100.0 Å². The number of carbonyl (C=O) groups excluding carboxylic acids is 8. The van der Waals surface area contributed by atoms with E-state index >= 15 is 0 Å². The Bertz CT molecular complexity index is 5730. The van der Waals surface area contributed by atoms with E-state index in [1.165, 1.54) is 48.0 Å². The maximum atomic E-state index is 14.0. The molecule has 4 fully saturated rings. The van der Waals surface area contributed by atoms with Gasteiger partial charge in [-0.3, -0.25) is 29.3 Å². The van der Waals surface area contributed by atoms with Gasteiger partial charge in [-0.05, 0) is 225 Å². The molecule has 6 aromatic carbocycles. The van der Waals surface area contributed by atoms with Crippen molar-refractivity contribution in [2.45, 2.75) is 233 Å². The summed E-state index contributed by atoms with van der Waals surface area (Å²) in [5, 5.41) is 23.3. The summed E-state index contributed by atoms with van der Waals surface area (Å²) in [6, 6.07) is 25.6. The van der Waals surface area contributed by atoms with Crippen LogP contribution in [-0.4, -0.2) is 232 Å². The molecule has 4 saturated heterocycles. The van der Waals surface area contributed by atoms with E-state index in [9.17, 15) is 43.2 Å². The van der Waals surface area contributed by atoms with Gasteiger partial charge in [0.1, 0.15) is 60.1 Å². The average Bonchev–Trinajstić information content (AvgIpc) is 1.76. The highest BCUT2D eigenvalue weighted by molar-refractivity contribution is 6.08. The number of hydrogen-bond acceptors (Lipinski definition) is 22. The number of aliphatic carboxylic acids is 1. The molecule has 33 heteroatoms. The number of aromatic amines is 2. The van der Waals surface area contributed by atoms with E-state index in [2.05, 4.69) is 135 Å². The molecule has 33 nitrogen and oxygen atoms in total. The van der Waals surface area contributed by atoms with Gasteiger partial charge >= 0.3 is 36.4 Å². The van der Waals surface area contributed by atoms with Gasteiger partial charge in [-0.25, -0.2) is 38.7 Å². The van der Waals surface area contributed by atoms with Crippen molar-refractivity contribution in [3.63, 3.8) is 0 Å². The van der Waals surface area contributed by atoms with E-state index in [-0.39, 0.29) is 77.8 Å². The predicted octanol–water partition coefficient (Wildman–Crippen LogP) is 15.2. The Morgan fingerprint density at radius 1 is 0.477 bits per heavy atom. The number of benzene rings is 6. The number of alkyl carbamates (subject to hydrolysis) is 4. The highest BCUT2D eigenvalue weighted by Gasteiger charge is 2.47. The number of H-pyrrole nitrogens is 2. The number of nitrogens with zero attached hydrogens (tertiary/aromatic N) is 8. The smallest absolute Gasteiger partial charge is 0.410 e. The fraction of sp³-hybridized carbons (Fsp3) is 0.495. The van der Waals surface area contributed by atoms with E-state index in [4.69, 9.17) is 63.0 Å². The Morgan fingerprint density at radius 3 is 1.28 bits per heavy atom. The molecular weight excluding hydrogens is 1670 g/mol. The summed E-state index contributed by atoms with van der Waals surface area (Å²) >= 11 is 0. The van der Waals surface area contributed by atoms with Crippen molar-refractivity contribution in [2.75, 3.05) is 55.7 Å². The van der Waals surface area contributed by atoms with Crippen LogP contribution >= 0.6 is 0 Å². The van der Waals surface area contributed by atoms with Gasteiger partial charge in [0, 0.05) is 74.8 Å². The van der Waals surface area contributed by atoms with E-state index in [0.717, 1.165) is 169 Å². The van der Waals surface area contributed by atoms with Gasteiger partial charge in [-0.15, -0.1) is 0 Å². The lowest BCUT2D eigenvalue weighted by Crippen LogP contribution is -2.56. The summed E-state index contributed by atoms with van der Waals surface area (Å²) in [4.78, 5) is 147. The summed E-state index contributed by atoms with van der Waals surface area (Å²) in [5.41, 5.74) is 15.5. The first kappa shape index (κ1) is 93.5. The monoisotopic (exact) mass is 1780 g/mol. The van der Waals surface area contributed by atoms with Crippen LogP contribution in [0.15, 0.2) is 107 Å². The van der Waals surface area contributed by atoms with Crippen LogP contribution in [0.3, 0.4) is 0 Å². The Labute approximate surface area is 756 Å². The zero-order chi connectivity index (χ0) is 93.3. The summed E-state index contributed by atoms with van der Waals surface area (Å²) in [5.74, 6) is 1.78. The first-order valence-electron chi connectivity index (χ1n) is 44.6. The van der Waals surface area contributed by atoms with Gasteiger partial charge in [0.25, 0.3) is 0 Å². The molecule has 8 amide bonds. The predicted molar refractivity (Wildman–Crippen MR) is 488 cm³/mol. The third-order valence-corrected chi connectivity index (χ3v) is 26.1. The molecule has 0 saturated carbocycles. The molecule has 0 spiro atoms. The summed E-state index contributed by atoms with van der Waals surface area (Å²) in [6.07, 6.45) is 5.57. The number of hydrogen-bond donors (Lipinski definition) is 7. The second-order valence-corrected chi connectivity index (χ2v) is 36.9. The molecule has 2 aromatic heterocycles. The van der Waals surface area contributed by atoms with Crippen LogP contribution in [0.5, 0.6) is 11.5 Å². The number of carboxylic acid groups (broad SMARTS) is 1. The number of nitrogens with one attached hydrogen (secondary N) is 6. The van der Waals surface area contributed by atoms with Crippen molar-refractivity contribution in [1.29, 1.82) is 0 Å². The van der Waals surface area contributed by atoms with Crippen LogP contribution in [0.4, 0.5) is 35.3 Å². The van der Waals surface area contributed by atoms with E-state index in [1.54, 1.807) is 6.92 Å². The Kier molecular flexibility index (Phi) is 28.0. The standard InChI is InChI=1S/C46H55N7O8.C44H52N6O6.C7H13NO5/c1-23(2)40(50-45(56)59-7)44(55)53-25(4)9-14-37(53)42-47-20-36(49-42)28-10-12-30-29(16-28)22-61-39-19-31-27(17-33(30)39)11-13-34-32(31)18-35(48-34)38-15-24(3)21-52(38)43(54)41(26(5)58-6)51-46(57)60-8;1-23(2)39(48-42(52)54-8)41(51)50-25(4)9-14-36(50)40-45-20-35(47-40)27-10-12-29-28(16-27)22-55-38-19-30-26(17-32(29)38)11-13-33-31(30)18-34(46-33)37-15-24(3)21-49(37)43(53)56-44(5,6)7;1-4(12-2)5(6(9)10)8-7(11)13-3/h10-13,16-17,19-20,23-26,37-38,40-41H,9,14-15,18,21-22H2,1-8H3,(H,47,49)(H,50,56)(H,51,57);10-13,16-17,19-20,23-25,36-37,39H,9,14-15,18,21-22H2,1-8H3,(H,45,47)(H,48,52);4-5H,1-3H3,(H,8,11)(H,9,10)/t24-,25-,26?,37-,38-,40-,41-;24-,25-,36?,37-,39-;4-,5+/m001/s1. The second kappa shape index (κ2) is 39.0. The minimum absolute atomic E-state index is 0.0000573. The molecule has 10 heterocycles. The van der Waals surface area contributed by atoms with Gasteiger partial charge in [-0.2, -0.15) is 0 Å². The lowest BCUT2D eigenvalue weighted by atomic mass is 9.90. The first-order valence-corrected chi connectivity index (χ1v) is 44.6. The van der Waals surface area contributed by atoms with E-state index < -0.39 is 72.3 Å². The minimum atomic E-state index is -1.17. The number of aromatic nitrogens is 4. The molecule has 8 aliphatic rings. The van der Waals surface area contributed by atoms with Crippen molar-refractivity contribution in [3.05, 3.63) is 131 Å². The van der Waals surface area contributed by atoms with Crippen LogP contribution in [-0.2, 0) is 78.4 Å². The van der Waals surface area contributed by atoms with Crippen LogP contribution in [0.1, 0.15) is 175 Å². The van der Waals surface area contributed by atoms with Crippen LogP contribution in [0.2, 0.25) is 0 Å². The highest BCUT2D eigenvalue weighted by Crippen LogP contribution is 2.49. The number of imidazole rings is 2. The molecule has 8 aromatic rings. The fourth-order valence-electron chi connectivity index (χ4n) is 19.1. The van der Waals surface area contributed by atoms with Gasteiger partial charge in [0.15, 0.2) is 6.04 Å². The lowest BCUT2D eigenvalue weighted by molar-refractivity contribution is -0.142. The fourth-order valence-corrected chi connectivity index (χ4v) is 19.1. The number of likely N-dealkylation sites (tertiary alicyclic amines) is 4. The van der Waals surface area contributed by atoms with Crippen molar-refractivity contribution >= 4 is 98.5 Å². The minimum Gasteiger partial charge on any atom is -0.488 e. The molecule has 8 aliphatic heterocycles. The van der Waals surface area contributed by atoms with Crippen LogP contribution in [0.25, 0.3) is 66.3 Å². The number of fused-ring (bicyclic) bond motifs is 12. The molecule has 0 radical (unpaired) electrons. The Morgan fingerprint density at radius 2 is 0.877 bits per heavy atom. The van der Waals surface area contributed by atoms with Crippen molar-refractivity contribution in [3.8, 4) is 56.3 Å². The zero-order valence-corrected chi connectivity index (χ0v) is 77.3. The average molecular weight is 1790 g/mol. The Balaban J connectivity index is 0.000000185. The highest BCUT2D eigenvalue weighted by atomic mass is 16.6.